The number of ether oxygens (including phenoxy) is 1. The van der Waals surface area contributed by atoms with Gasteiger partial charge in [0.2, 0.25) is 11.8 Å². The molecule has 0 fully saturated rings. The first-order valence-electron chi connectivity index (χ1n) is 18.3. The van der Waals surface area contributed by atoms with Gasteiger partial charge < -0.3 is 25.6 Å². The SMILES string of the molecule is CC/C=C\C/C=C\C/C=C\C/C=C\C/C=C\CC(=O)OC(/C=C\CCCCCCC)CCCCCCC(=O)NCC(=O)NC(CO)C(=O)O. The third kappa shape index (κ3) is 31.3. The predicted molar refractivity (Wildman–Crippen MR) is 199 cm³/mol. The minimum absolute atomic E-state index is 0.235. The van der Waals surface area contributed by atoms with E-state index < -0.39 is 24.5 Å². The van der Waals surface area contributed by atoms with Crippen LogP contribution in [0.2, 0.25) is 0 Å². The summed E-state index contributed by atoms with van der Waals surface area (Å²) in [4.78, 5) is 47.2. The zero-order valence-electron chi connectivity index (χ0n) is 30.2. The van der Waals surface area contributed by atoms with Gasteiger partial charge in [-0.2, -0.15) is 0 Å². The van der Waals surface area contributed by atoms with Gasteiger partial charge in [0, 0.05) is 6.42 Å². The molecule has 49 heavy (non-hydrogen) atoms. The van der Waals surface area contributed by atoms with Crippen LogP contribution < -0.4 is 10.6 Å². The molecule has 9 heteroatoms. The lowest BCUT2D eigenvalue weighted by Crippen LogP contribution is -2.47. The van der Waals surface area contributed by atoms with Crippen LogP contribution in [0.3, 0.4) is 0 Å². The van der Waals surface area contributed by atoms with E-state index in [0.29, 0.717) is 12.8 Å². The fourth-order valence-corrected chi connectivity index (χ4v) is 4.64. The van der Waals surface area contributed by atoms with E-state index in [4.69, 9.17) is 14.9 Å². The minimum atomic E-state index is -1.40. The van der Waals surface area contributed by atoms with Crippen molar-refractivity contribution in [1.82, 2.24) is 10.6 Å². The highest BCUT2D eigenvalue weighted by atomic mass is 16.5. The molecular weight excluding hydrogens is 620 g/mol. The van der Waals surface area contributed by atoms with Crippen molar-refractivity contribution in [3.05, 3.63) is 72.9 Å². The van der Waals surface area contributed by atoms with Gasteiger partial charge in [0.15, 0.2) is 0 Å². The number of aliphatic carboxylic acids is 1. The van der Waals surface area contributed by atoms with Crippen LogP contribution in [0.15, 0.2) is 72.9 Å². The zero-order chi connectivity index (χ0) is 36.2. The van der Waals surface area contributed by atoms with E-state index in [-0.39, 0.29) is 37.4 Å². The number of unbranched alkanes of at least 4 members (excludes halogenated alkanes) is 8. The van der Waals surface area contributed by atoms with E-state index in [1.807, 2.05) is 18.2 Å². The van der Waals surface area contributed by atoms with Gasteiger partial charge in [-0.25, -0.2) is 4.79 Å². The molecule has 0 radical (unpaired) electrons. The van der Waals surface area contributed by atoms with E-state index in [0.717, 1.165) is 64.2 Å². The second kappa shape index (κ2) is 34.2. The van der Waals surface area contributed by atoms with Crippen molar-refractivity contribution >= 4 is 23.8 Å². The average Bonchev–Trinajstić information content (AvgIpc) is 3.08. The highest BCUT2D eigenvalue weighted by Crippen LogP contribution is 2.13. The fourth-order valence-electron chi connectivity index (χ4n) is 4.64. The van der Waals surface area contributed by atoms with Gasteiger partial charge in [0.05, 0.1) is 19.6 Å². The summed E-state index contributed by atoms with van der Waals surface area (Å²) >= 11 is 0. The topological polar surface area (TPSA) is 142 Å². The largest absolute Gasteiger partial charge is 0.480 e. The van der Waals surface area contributed by atoms with Gasteiger partial charge in [0.25, 0.3) is 0 Å². The molecule has 0 aromatic heterocycles. The quantitative estimate of drug-likeness (QED) is 0.0330. The Hall–Kier alpha value is -3.72. The first-order valence-corrected chi connectivity index (χ1v) is 18.3. The normalized spacial score (nSPS) is 13.4. The van der Waals surface area contributed by atoms with E-state index in [2.05, 4.69) is 79.2 Å². The monoisotopic (exact) mass is 684 g/mol. The molecule has 0 heterocycles. The molecular formula is C40H64N2O7. The molecule has 276 valence electrons. The number of amides is 2. The van der Waals surface area contributed by atoms with Gasteiger partial charge in [-0.05, 0) is 70.3 Å². The van der Waals surface area contributed by atoms with Gasteiger partial charge in [-0.3, -0.25) is 14.4 Å². The smallest absolute Gasteiger partial charge is 0.328 e. The van der Waals surface area contributed by atoms with Gasteiger partial charge >= 0.3 is 11.9 Å². The van der Waals surface area contributed by atoms with Crippen LogP contribution in [-0.2, 0) is 23.9 Å². The zero-order valence-corrected chi connectivity index (χ0v) is 30.2. The Bertz CT molecular complexity index is 1060. The van der Waals surface area contributed by atoms with Crippen LogP contribution >= 0.6 is 0 Å². The van der Waals surface area contributed by atoms with E-state index in [1.54, 1.807) is 0 Å². The van der Waals surface area contributed by atoms with Crippen molar-refractivity contribution in [2.24, 2.45) is 0 Å². The Morgan fingerprint density at radius 3 is 1.84 bits per heavy atom. The van der Waals surface area contributed by atoms with Crippen LogP contribution in [0.5, 0.6) is 0 Å². The summed E-state index contributed by atoms with van der Waals surface area (Å²) in [6.07, 6.45) is 41.0. The van der Waals surface area contributed by atoms with Crippen LogP contribution in [0.25, 0.3) is 0 Å². The Morgan fingerprint density at radius 1 is 0.673 bits per heavy atom. The number of esters is 1. The lowest BCUT2D eigenvalue weighted by Gasteiger charge is -2.14. The number of carbonyl (C=O) groups excluding carboxylic acids is 3. The van der Waals surface area contributed by atoms with Crippen molar-refractivity contribution < 1.29 is 34.1 Å². The highest BCUT2D eigenvalue weighted by molar-refractivity contribution is 5.87. The van der Waals surface area contributed by atoms with E-state index in [9.17, 15) is 19.2 Å². The average molecular weight is 685 g/mol. The standard InChI is InChI=1S/C40H64N2O7/c1-3-5-7-9-11-12-13-14-15-16-17-18-20-22-28-32-39(46)49-35(29-25-21-19-10-8-6-4-2)30-26-23-24-27-31-37(44)41-33-38(45)42-36(34-43)40(47)48/h5,7,11-12,14-15,17-18,22,25,28-29,35-36,43H,3-4,6,8-10,13,16,19-21,23-24,26-27,30-34H2,1-2H3,(H,41,44)(H,42,45)(H,47,48)/b7-5-,12-11-,15-14-,18-17-,28-22-,29-25-. The number of aliphatic hydroxyl groups excluding tert-OH is 1. The number of nitrogens with one attached hydrogen (secondary N) is 2. The molecule has 0 saturated heterocycles. The molecule has 0 aliphatic rings. The molecule has 0 aromatic rings. The summed E-state index contributed by atoms with van der Waals surface area (Å²) < 4.78 is 5.80. The molecule has 2 atom stereocenters. The van der Waals surface area contributed by atoms with Crippen molar-refractivity contribution in [2.75, 3.05) is 13.2 Å². The molecule has 0 aromatic carbocycles. The van der Waals surface area contributed by atoms with Crippen LogP contribution in [0.1, 0.15) is 129 Å². The first-order chi connectivity index (χ1) is 23.8. The third-order valence-corrected chi connectivity index (χ3v) is 7.45. The Morgan fingerprint density at radius 2 is 1.24 bits per heavy atom. The molecule has 0 saturated carbocycles. The summed E-state index contributed by atoms with van der Waals surface area (Å²) in [6, 6.07) is -1.40. The fraction of sp³-hybridized carbons (Fsp3) is 0.600. The van der Waals surface area contributed by atoms with E-state index >= 15 is 0 Å². The number of carboxylic acids is 1. The van der Waals surface area contributed by atoms with Crippen LogP contribution in [0, 0.1) is 0 Å². The molecule has 0 aliphatic carbocycles. The molecule has 0 rings (SSSR count). The second-order valence-electron chi connectivity index (χ2n) is 11.9. The number of carboxylic acid groups (broad SMARTS) is 1. The predicted octanol–water partition coefficient (Wildman–Crippen LogP) is 7.97. The first kappa shape index (κ1) is 45.3. The van der Waals surface area contributed by atoms with Gasteiger partial charge in [-0.1, -0.05) is 119 Å². The Labute approximate surface area is 295 Å². The summed E-state index contributed by atoms with van der Waals surface area (Å²) in [5.41, 5.74) is 0. The second-order valence-corrected chi connectivity index (χ2v) is 11.9. The maximum absolute atomic E-state index is 12.6. The molecule has 2 amide bonds. The minimum Gasteiger partial charge on any atom is -0.480 e. The number of allylic oxidation sites excluding steroid dienone is 10. The van der Waals surface area contributed by atoms with Crippen molar-refractivity contribution in [1.29, 1.82) is 0 Å². The number of aliphatic hydroxyl groups is 1. The molecule has 9 nitrogen and oxygen atoms in total. The summed E-state index contributed by atoms with van der Waals surface area (Å²) in [7, 11) is 0. The number of hydrogen-bond donors (Lipinski definition) is 4. The molecule has 4 N–H and O–H groups in total. The molecule has 0 bridgehead atoms. The third-order valence-electron chi connectivity index (χ3n) is 7.45. The number of hydrogen-bond acceptors (Lipinski definition) is 6. The van der Waals surface area contributed by atoms with Crippen molar-refractivity contribution in [3.63, 3.8) is 0 Å². The lowest BCUT2D eigenvalue weighted by molar-refractivity contribution is -0.146. The number of rotatable bonds is 31. The Kier molecular flexibility index (Phi) is 31.6. The molecule has 2 unspecified atom stereocenters. The summed E-state index contributed by atoms with van der Waals surface area (Å²) in [6.45, 7) is 3.26. The Balaban J connectivity index is 4.45. The lowest BCUT2D eigenvalue weighted by atomic mass is 10.1. The van der Waals surface area contributed by atoms with E-state index in [1.165, 1.54) is 25.7 Å². The van der Waals surface area contributed by atoms with Crippen LogP contribution in [-0.4, -0.2) is 59.3 Å². The summed E-state index contributed by atoms with van der Waals surface area (Å²) in [5, 5.41) is 22.4. The summed E-state index contributed by atoms with van der Waals surface area (Å²) in [5.74, 6) is -2.56. The van der Waals surface area contributed by atoms with Crippen molar-refractivity contribution in [2.45, 2.75) is 142 Å². The maximum Gasteiger partial charge on any atom is 0.328 e. The maximum atomic E-state index is 12.6. The van der Waals surface area contributed by atoms with Crippen molar-refractivity contribution in [3.8, 4) is 0 Å². The van der Waals surface area contributed by atoms with Crippen LogP contribution in [0.4, 0.5) is 0 Å². The molecule has 0 spiro atoms. The number of carbonyl (C=O) groups is 4. The van der Waals surface area contributed by atoms with Gasteiger partial charge in [0.1, 0.15) is 12.1 Å². The van der Waals surface area contributed by atoms with Gasteiger partial charge in [-0.15, -0.1) is 0 Å². The highest BCUT2D eigenvalue weighted by Gasteiger charge is 2.18. The molecule has 0 aliphatic heterocycles.